The van der Waals surface area contributed by atoms with Gasteiger partial charge in [0, 0.05) is 19.2 Å². The second-order valence-corrected chi connectivity index (χ2v) is 6.52. The third-order valence-electron chi connectivity index (χ3n) is 3.05. The Labute approximate surface area is 115 Å². The second kappa shape index (κ2) is 5.17. The lowest BCUT2D eigenvalue weighted by atomic mass is 10.0. The largest absolute Gasteiger partial charge is 0.320 e. The van der Waals surface area contributed by atoms with E-state index in [4.69, 9.17) is 0 Å². The highest BCUT2D eigenvalue weighted by Gasteiger charge is 2.38. The molecule has 1 aliphatic heterocycles. The van der Waals surface area contributed by atoms with E-state index >= 15 is 0 Å². The van der Waals surface area contributed by atoms with Crippen LogP contribution in [0.1, 0.15) is 0 Å². The Balaban J connectivity index is 2.02. The summed E-state index contributed by atoms with van der Waals surface area (Å²) >= 11 is 0. The van der Waals surface area contributed by atoms with E-state index in [1.54, 1.807) is 6.07 Å². The van der Waals surface area contributed by atoms with Crippen LogP contribution in [-0.4, -0.2) is 42.9 Å². The van der Waals surface area contributed by atoms with Crippen molar-refractivity contribution in [3.63, 3.8) is 0 Å². The highest BCUT2D eigenvalue weighted by Crippen LogP contribution is 2.26. The molecule has 0 aliphatic carbocycles. The molecule has 1 aromatic carbocycles. The fraction of sp³-hybridized carbons (Fsp3) is 0.364. The number of nitro groups is 1. The van der Waals surface area contributed by atoms with Crippen LogP contribution in [0.15, 0.2) is 24.3 Å². The zero-order chi connectivity index (χ0) is 14.9. The van der Waals surface area contributed by atoms with Crippen LogP contribution in [-0.2, 0) is 14.8 Å². The quantitative estimate of drug-likeness (QED) is 0.640. The van der Waals surface area contributed by atoms with Gasteiger partial charge in [0.05, 0.1) is 17.1 Å². The molecule has 2 rings (SSSR count). The van der Waals surface area contributed by atoms with E-state index in [0.29, 0.717) is 0 Å². The molecule has 20 heavy (non-hydrogen) atoms. The van der Waals surface area contributed by atoms with E-state index in [-0.39, 0.29) is 24.5 Å². The Hall–Kier alpha value is -2.00. The van der Waals surface area contributed by atoms with E-state index in [2.05, 4.69) is 5.32 Å². The summed E-state index contributed by atoms with van der Waals surface area (Å²) in [6.07, 6.45) is 1.07. The summed E-state index contributed by atoms with van der Waals surface area (Å²) in [5, 5.41) is 13.3. The van der Waals surface area contributed by atoms with Crippen molar-refractivity contribution < 1.29 is 18.1 Å². The average Bonchev–Trinajstić information content (AvgIpc) is 2.25. The third-order valence-corrected chi connectivity index (χ3v) is 4.28. The molecule has 1 aliphatic rings. The molecule has 1 heterocycles. The lowest BCUT2D eigenvalue weighted by molar-refractivity contribution is -0.383. The van der Waals surface area contributed by atoms with Gasteiger partial charge in [-0.1, -0.05) is 12.1 Å². The van der Waals surface area contributed by atoms with Crippen LogP contribution in [0.5, 0.6) is 0 Å². The lowest BCUT2D eigenvalue weighted by Crippen LogP contribution is -2.53. The number of anilines is 1. The minimum atomic E-state index is -3.28. The van der Waals surface area contributed by atoms with Crippen molar-refractivity contribution in [3.8, 4) is 0 Å². The predicted molar refractivity (Wildman–Crippen MR) is 71.6 cm³/mol. The Morgan fingerprint density at radius 2 is 2.00 bits per heavy atom. The topological polar surface area (TPSA) is 110 Å². The molecule has 0 saturated carbocycles. The van der Waals surface area contributed by atoms with Crippen LogP contribution in [0, 0.1) is 16.0 Å². The monoisotopic (exact) mass is 299 g/mol. The minimum Gasteiger partial charge on any atom is -0.320 e. The van der Waals surface area contributed by atoms with Crippen molar-refractivity contribution in [1.82, 2.24) is 4.31 Å². The summed E-state index contributed by atoms with van der Waals surface area (Å²) in [4.78, 5) is 22.1. The number of nitrogens with zero attached hydrogens (tertiary/aromatic N) is 2. The molecule has 1 N–H and O–H groups in total. The van der Waals surface area contributed by atoms with Gasteiger partial charge in [-0.15, -0.1) is 0 Å². The molecule has 0 spiro atoms. The number of para-hydroxylation sites is 2. The number of nitrogens with one attached hydrogen (secondary N) is 1. The number of carbonyl (C=O) groups is 1. The van der Waals surface area contributed by atoms with Gasteiger partial charge in [0.25, 0.3) is 5.69 Å². The van der Waals surface area contributed by atoms with Crippen molar-refractivity contribution in [3.05, 3.63) is 34.4 Å². The van der Waals surface area contributed by atoms with E-state index < -0.39 is 26.8 Å². The number of rotatable bonds is 4. The third kappa shape index (κ3) is 2.94. The predicted octanol–water partition coefficient (Wildman–Crippen LogP) is 0.425. The first-order chi connectivity index (χ1) is 9.29. The van der Waals surface area contributed by atoms with Gasteiger partial charge in [0.1, 0.15) is 5.69 Å². The van der Waals surface area contributed by atoms with Crippen molar-refractivity contribution in [1.29, 1.82) is 0 Å². The smallest absolute Gasteiger partial charge is 0.292 e. The maximum absolute atomic E-state index is 11.9. The summed E-state index contributed by atoms with van der Waals surface area (Å²) in [7, 11) is -3.28. The van der Waals surface area contributed by atoms with Gasteiger partial charge < -0.3 is 5.32 Å². The van der Waals surface area contributed by atoms with Gasteiger partial charge in [-0.25, -0.2) is 12.7 Å². The fourth-order valence-electron chi connectivity index (χ4n) is 1.85. The Morgan fingerprint density at radius 1 is 1.40 bits per heavy atom. The number of amides is 1. The Bertz CT molecular complexity index is 652. The van der Waals surface area contributed by atoms with Crippen LogP contribution in [0.2, 0.25) is 0 Å². The first kappa shape index (κ1) is 14.4. The van der Waals surface area contributed by atoms with Crippen LogP contribution in [0.4, 0.5) is 11.4 Å². The highest BCUT2D eigenvalue weighted by molar-refractivity contribution is 7.88. The fourth-order valence-corrected chi connectivity index (χ4v) is 2.75. The maximum Gasteiger partial charge on any atom is 0.292 e. The van der Waals surface area contributed by atoms with E-state index in [1.165, 1.54) is 22.5 Å². The standard InChI is InChI=1S/C11H13N3O5S/c1-20(18,19)13-6-8(7-13)11(15)12-9-4-2-3-5-10(9)14(16)17/h2-5,8H,6-7H2,1H3,(H,12,15). The summed E-state index contributed by atoms with van der Waals surface area (Å²) < 4.78 is 23.6. The molecule has 1 amide bonds. The molecule has 0 atom stereocenters. The zero-order valence-corrected chi connectivity index (χ0v) is 11.5. The molecule has 1 saturated heterocycles. The number of sulfonamides is 1. The van der Waals surface area contributed by atoms with Crippen molar-refractivity contribution in [2.45, 2.75) is 0 Å². The maximum atomic E-state index is 11.9. The van der Waals surface area contributed by atoms with E-state index in [9.17, 15) is 23.3 Å². The number of hydrogen-bond donors (Lipinski definition) is 1. The van der Waals surface area contributed by atoms with Crippen molar-refractivity contribution in [2.24, 2.45) is 5.92 Å². The summed E-state index contributed by atoms with van der Waals surface area (Å²) in [6, 6.07) is 5.80. The van der Waals surface area contributed by atoms with Crippen LogP contribution < -0.4 is 5.32 Å². The number of nitro benzene ring substituents is 1. The molecule has 0 radical (unpaired) electrons. The molecule has 0 bridgehead atoms. The molecular formula is C11H13N3O5S. The van der Waals surface area contributed by atoms with Gasteiger partial charge in [-0.2, -0.15) is 0 Å². The van der Waals surface area contributed by atoms with Gasteiger partial charge in [-0.05, 0) is 6.07 Å². The van der Waals surface area contributed by atoms with Crippen molar-refractivity contribution >= 4 is 27.3 Å². The Morgan fingerprint density at radius 3 is 2.55 bits per heavy atom. The van der Waals surface area contributed by atoms with Crippen LogP contribution >= 0.6 is 0 Å². The summed E-state index contributed by atoms with van der Waals surface area (Å²) in [6.45, 7) is 0.205. The number of carbonyl (C=O) groups excluding carboxylic acids is 1. The molecule has 1 aromatic rings. The molecule has 0 unspecified atom stereocenters. The van der Waals surface area contributed by atoms with Gasteiger partial charge >= 0.3 is 0 Å². The van der Waals surface area contributed by atoms with Gasteiger partial charge in [0.2, 0.25) is 15.9 Å². The van der Waals surface area contributed by atoms with Crippen LogP contribution in [0.25, 0.3) is 0 Å². The SMILES string of the molecule is CS(=O)(=O)N1CC(C(=O)Nc2ccccc2[N+](=O)[O-])C1. The molecule has 8 nitrogen and oxygen atoms in total. The minimum absolute atomic E-state index is 0.102. The first-order valence-corrected chi connectivity index (χ1v) is 7.63. The van der Waals surface area contributed by atoms with Gasteiger partial charge in [-0.3, -0.25) is 14.9 Å². The first-order valence-electron chi connectivity index (χ1n) is 5.78. The molecule has 0 aromatic heterocycles. The molecule has 9 heteroatoms. The molecular weight excluding hydrogens is 286 g/mol. The Kier molecular flexibility index (Phi) is 3.73. The average molecular weight is 299 g/mol. The van der Waals surface area contributed by atoms with E-state index in [1.807, 2.05) is 0 Å². The highest BCUT2D eigenvalue weighted by atomic mass is 32.2. The zero-order valence-electron chi connectivity index (χ0n) is 10.6. The summed E-state index contributed by atoms with van der Waals surface area (Å²) in [5.74, 6) is -0.899. The van der Waals surface area contributed by atoms with Crippen molar-refractivity contribution in [2.75, 3.05) is 24.7 Å². The van der Waals surface area contributed by atoms with Gasteiger partial charge in [0.15, 0.2) is 0 Å². The molecule has 108 valence electrons. The lowest BCUT2D eigenvalue weighted by Gasteiger charge is -2.35. The van der Waals surface area contributed by atoms with Crippen LogP contribution in [0.3, 0.4) is 0 Å². The van der Waals surface area contributed by atoms with E-state index in [0.717, 1.165) is 6.26 Å². The summed E-state index contributed by atoms with van der Waals surface area (Å²) in [5.41, 5.74) is -0.0829. The second-order valence-electron chi connectivity index (χ2n) is 4.54. The molecule has 1 fully saturated rings. The number of benzene rings is 1. The normalized spacial score (nSPS) is 16.4. The number of hydrogen-bond acceptors (Lipinski definition) is 5.